The maximum atomic E-state index is 13.1. The zero-order valence-electron chi connectivity index (χ0n) is 15.9. The Labute approximate surface area is 165 Å². The lowest BCUT2D eigenvalue weighted by Crippen LogP contribution is -2.33. The van der Waals surface area contributed by atoms with Crippen molar-refractivity contribution in [2.24, 2.45) is 0 Å². The Morgan fingerprint density at radius 2 is 2.04 bits per heavy atom. The summed E-state index contributed by atoms with van der Waals surface area (Å²) in [6, 6.07) is 8.87. The number of fused-ring (bicyclic) bond motifs is 3. The van der Waals surface area contributed by atoms with E-state index < -0.39 is 6.04 Å². The van der Waals surface area contributed by atoms with E-state index in [4.69, 9.17) is 0 Å². The van der Waals surface area contributed by atoms with Crippen LogP contribution in [0.25, 0.3) is 20.4 Å². The lowest BCUT2D eigenvalue weighted by molar-refractivity contribution is -0.119. The van der Waals surface area contributed by atoms with Crippen LogP contribution in [0, 0.1) is 13.8 Å². The third-order valence-corrected chi connectivity index (χ3v) is 6.07. The van der Waals surface area contributed by atoms with Crippen LogP contribution in [0.3, 0.4) is 0 Å². The first-order valence-electron chi connectivity index (χ1n) is 9.12. The number of benzene rings is 1. The molecule has 0 aliphatic rings. The second kappa shape index (κ2) is 7.16. The van der Waals surface area contributed by atoms with E-state index in [2.05, 4.69) is 15.3 Å². The van der Waals surface area contributed by atoms with Crippen molar-refractivity contribution in [1.82, 2.24) is 14.5 Å². The van der Waals surface area contributed by atoms with E-state index in [0.29, 0.717) is 16.6 Å². The molecule has 0 fully saturated rings. The maximum absolute atomic E-state index is 13.1. The number of carbonyl (C=O) groups is 1. The summed E-state index contributed by atoms with van der Waals surface area (Å²) in [6.45, 7) is 5.91. The van der Waals surface area contributed by atoms with Gasteiger partial charge in [0.2, 0.25) is 5.91 Å². The molecule has 1 aromatic carbocycles. The molecule has 3 heterocycles. The van der Waals surface area contributed by atoms with Gasteiger partial charge < -0.3 is 5.32 Å². The van der Waals surface area contributed by atoms with Gasteiger partial charge in [0.1, 0.15) is 15.6 Å². The third kappa shape index (κ3) is 3.07. The molecule has 4 rings (SSSR count). The number of thiophene rings is 1. The smallest absolute Gasteiger partial charge is 0.272 e. The van der Waals surface area contributed by atoms with Crippen molar-refractivity contribution < 1.29 is 4.79 Å². The van der Waals surface area contributed by atoms with E-state index in [0.717, 1.165) is 27.0 Å². The van der Waals surface area contributed by atoms with Crippen LogP contribution in [0.1, 0.15) is 30.5 Å². The van der Waals surface area contributed by atoms with E-state index in [-0.39, 0.29) is 11.5 Å². The van der Waals surface area contributed by atoms with Crippen molar-refractivity contribution in [2.75, 3.05) is 5.32 Å². The molecule has 0 spiro atoms. The van der Waals surface area contributed by atoms with Gasteiger partial charge in [-0.2, -0.15) is 0 Å². The summed E-state index contributed by atoms with van der Waals surface area (Å²) in [6.07, 6.45) is 3.65. The Balaban J connectivity index is 1.72. The predicted molar refractivity (Wildman–Crippen MR) is 113 cm³/mol. The zero-order valence-corrected chi connectivity index (χ0v) is 16.7. The Bertz CT molecular complexity index is 1260. The highest BCUT2D eigenvalue weighted by molar-refractivity contribution is 7.25. The van der Waals surface area contributed by atoms with Gasteiger partial charge in [-0.3, -0.25) is 14.2 Å². The standard InChI is InChI=1S/C21H20N4O2S/c1-4-16(19(26)24-14-8-7-12(2)13(3)10-14)25-11-23-17-15-6-5-9-22-20(15)28-18(17)21(25)27/h5-11,16H,4H2,1-3H3,(H,24,26)/t16-/m0/s1. The van der Waals surface area contributed by atoms with Crippen molar-refractivity contribution in [2.45, 2.75) is 33.2 Å². The van der Waals surface area contributed by atoms with E-state index in [9.17, 15) is 9.59 Å². The summed E-state index contributed by atoms with van der Waals surface area (Å²) in [5, 5.41) is 3.79. The molecule has 0 aliphatic heterocycles. The Morgan fingerprint density at radius 1 is 1.21 bits per heavy atom. The monoisotopic (exact) mass is 392 g/mol. The Morgan fingerprint density at radius 3 is 2.79 bits per heavy atom. The van der Waals surface area contributed by atoms with Gasteiger partial charge in [-0.1, -0.05) is 13.0 Å². The number of carbonyl (C=O) groups excluding carboxylic acids is 1. The molecule has 0 bridgehead atoms. The minimum absolute atomic E-state index is 0.213. The van der Waals surface area contributed by atoms with E-state index >= 15 is 0 Å². The van der Waals surface area contributed by atoms with Crippen LogP contribution >= 0.6 is 11.3 Å². The number of aromatic nitrogens is 3. The number of amides is 1. The second-order valence-electron chi connectivity index (χ2n) is 6.81. The highest BCUT2D eigenvalue weighted by Crippen LogP contribution is 2.28. The molecule has 1 N–H and O–H groups in total. The predicted octanol–water partition coefficient (Wildman–Crippen LogP) is 4.21. The molecule has 7 heteroatoms. The number of hydrogen-bond donors (Lipinski definition) is 1. The summed E-state index contributed by atoms with van der Waals surface area (Å²) in [4.78, 5) is 35.5. The summed E-state index contributed by atoms with van der Waals surface area (Å²) in [5.41, 5.74) is 3.41. The van der Waals surface area contributed by atoms with Crippen LogP contribution in [-0.2, 0) is 4.79 Å². The molecule has 1 amide bonds. The van der Waals surface area contributed by atoms with Crippen molar-refractivity contribution in [3.05, 3.63) is 64.3 Å². The SMILES string of the molecule is CC[C@@H](C(=O)Nc1ccc(C)c(C)c1)n1cnc2c(sc3ncccc32)c1=O. The molecule has 0 unspecified atom stereocenters. The summed E-state index contributed by atoms with van der Waals surface area (Å²) in [5.74, 6) is -0.228. The molecule has 0 saturated carbocycles. The highest BCUT2D eigenvalue weighted by atomic mass is 32.1. The number of rotatable bonds is 4. The minimum atomic E-state index is -0.635. The number of pyridine rings is 1. The normalized spacial score (nSPS) is 12.4. The number of anilines is 1. The molecule has 0 aliphatic carbocycles. The molecule has 4 aromatic rings. The van der Waals surface area contributed by atoms with Crippen molar-refractivity contribution in [3.8, 4) is 0 Å². The summed E-state index contributed by atoms with van der Waals surface area (Å²) < 4.78 is 1.95. The number of nitrogens with one attached hydrogen (secondary N) is 1. The molecule has 0 saturated heterocycles. The average molecular weight is 392 g/mol. The fourth-order valence-corrected chi connectivity index (χ4v) is 4.29. The fraction of sp³-hybridized carbons (Fsp3) is 0.238. The Hall–Kier alpha value is -3.06. The first kappa shape index (κ1) is 18.3. The molecule has 1 atom stereocenters. The van der Waals surface area contributed by atoms with Crippen LogP contribution in [0.2, 0.25) is 0 Å². The van der Waals surface area contributed by atoms with Crippen LogP contribution in [0.15, 0.2) is 47.7 Å². The lowest BCUT2D eigenvalue weighted by Gasteiger charge is -2.18. The summed E-state index contributed by atoms with van der Waals surface area (Å²) >= 11 is 1.31. The number of nitrogens with zero attached hydrogens (tertiary/aromatic N) is 3. The number of hydrogen-bond acceptors (Lipinski definition) is 5. The van der Waals surface area contributed by atoms with E-state index in [1.165, 1.54) is 22.2 Å². The highest BCUT2D eigenvalue weighted by Gasteiger charge is 2.22. The molecule has 6 nitrogen and oxygen atoms in total. The van der Waals surface area contributed by atoms with Crippen molar-refractivity contribution in [1.29, 1.82) is 0 Å². The zero-order chi connectivity index (χ0) is 19.8. The van der Waals surface area contributed by atoms with Gasteiger partial charge in [0.25, 0.3) is 5.56 Å². The van der Waals surface area contributed by atoms with Crippen molar-refractivity contribution >= 4 is 43.4 Å². The van der Waals surface area contributed by atoms with Gasteiger partial charge in [0.15, 0.2) is 0 Å². The molecular formula is C21H20N4O2S. The van der Waals surface area contributed by atoms with E-state index in [1.807, 2.05) is 51.1 Å². The van der Waals surface area contributed by atoms with E-state index in [1.54, 1.807) is 6.20 Å². The second-order valence-corrected chi connectivity index (χ2v) is 7.80. The van der Waals surface area contributed by atoms with Gasteiger partial charge in [0, 0.05) is 17.3 Å². The first-order chi connectivity index (χ1) is 13.5. The first-order valence-corrected chi connectivity index (χ1v) is 9.93. The molecule has 3 aromatic heterocycles. The third-order valence-electron chi connectivity index (χ3n) is 4.98. The molecule has 142 valence electrons. The van der Waals surface area contributed by atoms with Gasteiger partial charge in [-0.15, -0.1) is 11.3 Å². The Kier molecular flexibility index (Phi) is 4.68. The van der Waals surface area contributed by atoms with Crippen molar-refractivity contribution in [3.63, 3.8) is 0 Å². The largest absolute Gasteiger partial charge is 0.324 e. The maximum Gasteiger partial charge on any atom is 0.272 e. The van der Waals surface area contributed by atoms with Gasteiger partial charge in [0.05, 0.1) is 11.8 Å². The van der Waals surface area contributed by atoms with Gasteiger partial charge in [-0.25, -0.2) is 9.97 Å². The van der Waals surface area contributed by atoms with Crippen LogP contribution < -0.4 is 10.9 Å². The van der Waals surface area contributed by atoms with Crippen LogP contribution in [0.5, 0.6) is 0 Å². The lowest BCUT2D eigenvalue weighted by atomic mass is 10.1. The molecule has 0 radical (unpaired) electrons. The minimum Gasteiger partial charge on any atom is -0.324 e. The quantitative estimate of drug-likeness (QED) is 0.564. The topological polar surface area (TPSA) is 76.9 Å². The van der Waals surface area contributed by atoms with Gasteiger partial charge >= 0.3 is 0 Å². The van der Waals surface area contributed by atoms with Gasteiger partial charge in [-0.05, 0) is 55.7 Å². The molecule has 28 heavy (non-hydrogen) atoms. The van der Waals surface area contributed by atoms with Crippen LogP contribution in [-0.4, -0.2) is 20.4 Å². The summed E-state index contributed by atoms with van der Waals surface area (Å²) in [7, 11) is 0. The fourth-order valence-electron chi connectivity index (χ4n) is 3.26. The molecular weight excluding hydrogens is 372 g/mol. The number of aryl methyl sites for hydroxylation is 2. The van der Waals surface area contributed by atoms with Crippen LogP contribution in [0.4, 0.5) is 5.69 Å². The average Bonchev–Trinajstić information content (AvgIpc) is 3.07.